The molecule has 2 aromatic rings. The van der Waals surface area contributed by atoms with Crippen molar-refractivity contribution >= 4 is 23.3 Å². The van der Waals surface area contributed by atoms with Crippen molar-refractivity contribution in [3.63, 3.8) is 0 Å². The number of nitrogens with zero attached hydrogens (tertiary/aromatic N) is 3. The lowest BCUT2D eigenvalue weighted by Crippen LogP contribution is -2.37. The summed E-state index contributed by atoms with van der Waals surface area (Å²) < 4.78 is 40.4. The Kier molecular flexibility index (Phi) is 5.39. The number of hydrogen-bond acceptors (Lipinski definition) is 3. The summed E-state index contributed by atoms with van der Waals surface area (Å²) in [6.07, 6.45) is -1.12. The van der Waals surface area contributed by atoms with Crippen molar-refractivity contribution in [3.05, 3.63) is 40.5 Å². The summed E-state index contributed by atoms with van der Waals surface area (Å²) in [6, 6.07) is 6.56. The molecule has 0 unspecified atom stereocenters. The SMILES string of the molecule is Cc1cc(NC(=O)C2(C#N)CCCCC2)n(-c2cc(C(F)(F)F)ccc2Cl)n1. The maximum absolute atomic E-state index is 13.1. The molecule has 1 N–H and O–H groups in total. The zero-order valence-electron chi connectivity index (χ0n) is 15.1. The van der Waals surface area contributed by atoms with Gasteiger partial charge in [-0.3, -0.25) is 4.79 Å². The highest BCUT2D eigenvalue weighted by Crippen LogP contribution is 2.38. The molecule has 1 saturated carbocycles. The van der Waals surface area contributed by atoms with E-state index in [0.29, 0.717) is 18.5 Å². The van der Waals surface area contributed by atoms with Crippen LogP contribution in [0.4, 0.5) is 19.0 Å². The van der Waals surface area contributed by atoms with Gasteiger partial charge in [0.25, 0.3) is 0 Å². The molecule has 1 fully saturated rings. The third kappa shape index (κ3) is 3.85. The van der Waals surface area contributed by atoms with Gasteiger partial charge in [0.05, 0.1) is 28.0 Å². The fourth-order valence-corrected chi connectivity index (χ4v) is 3.60. The summed E-state index contributed by atoms with van der Waals surface area (Å²) in [6.45, 7) is 1.65. The third-order valence-electron chi connectivity index (χ3n) is 4.93. The predicted molar refractivity (Wildman–Crippen MR) is 98.1 cm³/mol. The molecular formula is C19H18ClF3N4O. The van der Waals surface area contributed by atoms with Gasteiger partial charge in [-0.25, -0.2) is 4.68 Å². The van der Waals surface area contributed by atoms with Crippen LogP contribution in [0, 0.1) is 23.7 Å². The van der Waals surface area contributed by atoms with Crippen LogP contribution in [-0.4, -0.2) is 15.7 Å². The molecule has 1 aromatic carbocycles. The van der Waals surface area contributed by atoms with Crippen molar-refractivity contribution in [2.75, 3.05) is 5.32 Å². The standard InChI is InChI=1S/C19H18ClF3N4O/c1-12-9-16(25-17(28)18(11-24)7-3-2-4-8-18)27(26-12)15-10-13(19(21,22)23)5-6-14(15)20/h5-6,9-10H,2-4,7-8H2,1H3,(H,25,28). The summed E-state index contributed by atoms with van der Waals surface area (Å²) in [5.41, 5.74) is -1.54. The number of carbonyl (C=O) groups excluding carboxylic acids is 1. The number of aromatic nitrogens is 2. The fraction of sp³-hybridized carbons (Fsp3) is 0.421. The molecule has 0 atom stereocenters. The molecule has 28 heavy (non-hydrogen) atoms. The molecule has 1 aliphatic rings. The molecule has 0 radical (unpaired) electrons. The van der Waals surface area contributed by atoms with E-state index in [1.807, 2.05) is 0 Å². The van der Waals surface area contributed by atoms with E-state index in [1.54, 1.807) is 6.92 Å². The molecule has 1 heterocycles. The van der Waals surface area contributed by atoms with E-state index in [9.17, 15) is 23.2 Å². The average Bonchev–Trinajstić information content (AvgIpc) is 3.01. The van der Waals surface area contributed by atoms with Crippen LogP contribution in [0.5, 0.6) is 0 Å². The Morgan fingerprint density at radius 2 is 1.96 bits per heavy atom. The minimum Gasteiger partial charge on any atom is -0.309 e. The fourth-order valence-electron chi connectivity index (χ4n) is 3.40. The minimum absolute atomic E-state index is 0.00505. The molecule has 9 heteroatoms. The molecule has 0 spiro atoms. The topological polar surface area (TPSA) is 70.7 Å². The molecule has 1 aliphatic carbocycles. The number of hydrogen-bond donors (Lipinski definition) is 1. The van der Waals surface area contributed by atoms with E-state index >= 15 is 0 Å². The summed E-state index contributed by atoms with van der Waals surface area (Å²) >= 11 is 6.11. The molecule has 148 valence electrons. The highest BCUT2D eigenvalue weighted by molar-refractivity contribution is 6.32. The van der Waals surface area contributed by atoms with Crippen LogP contribution in [0.3, 0.4) is 0 Å². The Labute approximate surface area is 165 Å². The van der Waals surface area contributed by atoms with Gasteiger partial charge in [-0.05, 0) is 38.0 Å². The first-order valence-corrected chi connectivity index (χ1v) is 9.20. The lowest BCUT2D eigenvalue weighted by Gasteiger charge is -2.29. The number of alkyl halides is 3. The van der Waals surface area contributed by atoms with E-state index in [2.05, 4.69) is 16.5 Å². The molecule has 0 aliphatic heterocycles. The van der Waals surface area contributed by atoms with Gasteiger partial charge >= 0.3 is 6.18 Å². The van der Waals surface area contributed by atoms with Crippen LogP contribution >= 0.6 is 11.6 Å². The van der Waals surface area contributed by atoms with Crippen molar-refractivity contribution in [3.8, 4) is 11.8 Å². The summed E-state index contributed by atoms with van der Waals surface area (Å²) in [5.74, 6) is -0.303. The number of nitrogens with one attached hydrogen (secondary N) is 1. The van der Waals surface area contributed by atoms with Gasteiger partial charge in [-0.15, -0.1) is 0 Å². The predicted octanol–water partition coefficient (Wildman–Crippen LogP) is 5.27. The van der Waals surface area contributed by atoms with Crippen LogP contribution in [0.2, 0.25) is 5.02 Å². The second-order valence-electron chi connectivity index (χ2n) is 6.96. The van der Waals surface area contributed by atoms with Gasteiger partial charge < -0.3 is 5.32 Å². The van der Waals surface area contributed by atoms with Crippen LogP contribution in [-0.2, 0) is 11.0 Å². The average molecular weight is 411 g/mol. The molecule has 0 saturated heterocycles. The molecule has 0 bridgehead atoms. The monoisotopic (exact) mass is 410 g/mol. The number of benzene rings is 1. The third-order valence-corrected chi connectivity index (χ3v) is 5.25. The largest absolute Gasteiger partial charge is 0.416 e. The minimum atomic E-state index is -4.54. The smallest absolute Gasteiger partial charge is 0.309 e. The number of halogens is 4. The summed E-state index contributed by atoms with van der Waals surface area (Å²) in [7, 11) is 0. The van der Waals surface area contributed by atoms with Gasteiger partial charge in [0.2, 0.25) is 5.91 Å². The van der Waals surface area contributed by atoms with Crippen LogP contribution in [0.25, 0.3) is 5.69 Å². The van der Waals surface area contributed by atoms with E-state index < -0.39 is 23.1 Å². The number of carbonyl (C=O) groups is 1. The van der Waals surface area contributed by atoms with Gasteiger partial charge in [0.15, 0.2) is 0 Å². The Morgan fingerprint density at radius 3 is 2.57 bits per heavy atom. The normalized spacial score (nSPS) is 16.4. The van der Waals surface area contributed by atoms with Gasteiger partial charge in [0, 0.05) is 6.07 Å². The number of anilines is 1. The summed E-state index contributed by atoms with van der Waals surface area (Å²) in [5, 5.41) is 16.5. The second-order valence-corrected chi connectivity index (χ2v) is 7.36. The maximum Gasteiger partial charge on any atom is 0.416 e. The number of nitriles is 1. The first-order chi connectivity index (χ1) is 13.2. The molecular weight excluding hydrogens is 393 g/mol. The molecule has 1 amide bonds. The molecule has 1 aromatic heterocycles. The van der Waals surface area contributed by atoms with E-state index in [1.165, 1.54) is 10.7 Å². The number of rotatable bonds is 3. The quantitative estimate of drug-likeness (QED) is 0.749. The van der Waals surface area contributed by atoms with Gasteiger partial charge in [-0.2, -0.15) is 23.5 Å². The molecule has 5 nitrogen and oxygen atoms in total. The lowest BCUT2D eigenvalue weighted by molar-refractivity contribution is -0.137. The number of amides is 1. The van der Waals surface area contributed by atoms with Crippen molar-refractivity contribution in [2.24, 2.45) is 5.41 Å². The highest BCUT2D eigenvalue weighted by Gasteiger charge is 2.40. The molecule has 3 rings (SSSR count). The number of aryl methyl sites for hydroxylation is 1. The van der Waals surface area contributed by atoms with Crippen LogP contribution in [0.15, 0.2) is 24.3 Å². The van der Waals surface area contributed by atoms with Crippen molar-refractivity contribution in [2.45, 2.75) is 45.2 Å². The Balaban J connectivity index is 1.99. The van der Waals surface area contributed by atoms with E-state index in [-0.39, 0.29) is 16.5 Å². The highest BCUT2D eigenvalue weighted by atomic mass is 35.5. The van der Waals surface area contributed by atoms with E-state index in [0.717, 1.165) is 37.5 Å². The van der Waals surface area contributed by atoms with Crippen LogP contribution < -0.4 is 5.32 Å². The van der Waals surface area contributed by atoms with Crippen molar-refractivity contribution in [1.29, 1.82) is 5.26 Å². The summed E-state index contributed by atoms with van der Waals surface area (Å²) in [4.78, 5) is 12.8. The first-order valence-electron chi connectivity index (χ1n) is 8.83. The second kappa shape index (κ2) is 7.47. The maximum atomic E-state index is 13.1. The first kappa shape index (κ1) is 20.2. The zero-order valence-corrected chi connectivity index (χ0v) is 15.9. The Bertz CT molecular complexity index is 940. The van der Waals surface area contributed by atoms with E-state index in [4.69, 9.17) is 11.6 Å². The van der Waals surface area contributed by atoms with Crippen molar-refractivity contribution < 1.29 is 18.0 Å². The zero-order chi connectivity index (χ0) is 20.5. The Morgan fingerprint density at radius 1 is 1.29 bits per heavy atom. The van der Waals surface area contributed by atoms with Crippen LogP contribution in [0.1, 0.15) is 43.4 Å². The van der Waals surface area contributed by atoms with Gasteiger partial charge in [-0.1, -0.05) is 30.9 Å². The van der Waals surface area contributed by atoms with Crippen molar-refractivity contribution in [1.82, 2.24) is 9.78 Å². The van der Waals surface area contributed by atoms with Gasteiger partial charge in [0.1, 0.15) is 11.2 Å². The lowest BCUT2D eigenvalue weighted by atomic mass is 9.74. The Hall–Kier alpha value is -2.53.